The van der Waals surface area contributed by atoms with Gasteiger partial charge >= 0.3 is 0 Å². The molecule has 4 heteroatoms. The molecular formula is C14H19N3S. The smallest absolute Gasteiger partial charge is 0.115 e. The molecule has 2 aromatic rings. The maximum atomic E-state index is 4.35. The van der Waals surface area contributed by atoms with Crippen LogP contribution in [-0.4, -0.2) is 24.0 Å². The molecule has 1 atom stereocenters. The van der Waals surface area contributed by atoms with Gasteiger partial charge in [-0.25, -0.2) is 4.98 Å². The monoisotopic (exact) mass is 261 g/mol. The van der Waals surface area contributed by atoms with Crippen LogP contribution in [0.2, 0.25) is 0 Å². The summed E-state index contributed by atoms with van der Waals surface area (Å²) in [4.78, 5) is 6.52. The summed E-state index contributed by atoms with van der Waals surface area (Å²) in [5.41, 5.74) is 2.50. The first kappa shape index (κ1) is 13.1. The second-order valence-electron chi connectivity index (χ2n) is 4.63. The molecular weight excluding hydrogens is 242 g/mol. The van der Waals surface area contributed by atoms with Gasteiger partial charge in [-0.2, -0.15) is 0 Å². The molecule has 0 amide bonds. The Hall–Kier alpha value is -1.39. The van der Waals surface area contributed by atoms with Crippen LogP contribution in [0.15, 0.2) is 35.8 Å². The summed E-state index contributed by atoms with van der Waals surface area (Å²) in [5.74, 6) is 0. The van der Waals surface area contributed by atoms with Crippen molar-refractivity contribution in [1.29, 1.82) is 0 Å². The number of aromatic nitrogens is 1. The van der Waals surface area contributed by atoms with Crippen molar-refractivity contribution in [3.8, 4) is 0 Å². The Balaban J connectivity index is 2.13. The summed E-state index contributed by atoms with van der Waals surface area (Å²) in [6.45, 7) is 3.08. The Kier molecular flexibility index (Phi) is 4.33. The Bertz CT molecular complexity index is 480. The lowest BCUT2D eigenvalue weighted by Gasteiger charge is -2.18. The molecule has 1 aromatic heterocycles. The zero-order valence-electron chi connectivity index (χ0n) is 11.1. The van der Waals surface area contributed by atoms with E-state index in [1.807, 2.05) is 11.6 Å². The summed E-state index contributed by atoms with van der Waals surface area (Å²) < 4.78 is 0. The van der Waals surface area contributed by atoms with Crippen LogP contribution in [0.1, 0.15) is 23.5 Å². The molecule has 0 aliphatic carbocycles. The third kappa shape index (κ3) is 3.31. The van der Waals surface area contributed by atoms with Crippen molar-refractivity contribution >= 4 is 17.0 Å². The summed E-state index contributed by atoms with van der Waals surface area (Å²) in [5, 5.41) is 6.67. The van der Waals surface area contributed by atoms with E-state index in [4.69, 9.17) is 0 Å². The molecule has 0 aliphatic rings. The van der Waals surface area contributed by atoms with Crippen LogP contribution in [0.5, 0.6) is 0 Å². The van der Waals surface area contributed by atoms with Crippen molar-refractivity contribution in [2.24, 2.45) is 0 Å². The quantitative estimate of drug-likeness (QED) is 0.894. The Labute approximate surface area is 112 Å². The molecule has 0 saturated carbocycles. The first-order chi connectivity index (χ1) is 8.66. The molecule has 0 spiro atoms. The minimum atomic E-state index is 0.244. The minimum Gasteiger partial charge on any atom is -0.376 e. The molecule has 1 heterocycles. The van der Waals surface area contributed by atoms with Gasteiger partial charge in [0.25, 0.3) is 0 Å². The Morgan fingerprint density at radius 2 is 2.11 bits per heavy atom. The molecule has 0 saturated heterocycles. The van der Waals surface area contributed by atoms with E-state index in [0.717, 1.165) is 11.6 Å². The topological polar surface area (TPSA) is 28.2 Å². The Morgan fingerprint density at radius 1 is 1.33 bits per heavy atom. The molecule has 1 unspecified atom stereocenters. The molecule has 18 heavy (non-hydrogen) atoms. The van der Waals surface area contributed by atoms with E-state index in [0.29, 0.717) is 0 Å². The number of hydrogen-bond acceptors (Lipinski definition) is 4. The summed E-state index contributed by atoms with van der Waals surface area (Å²) in [6, 6.07) is 8.68. The third-order valence-electron chi connectivity index (χ3n) is 2.70. The number of thiazole rings is 1. The molecule has 2 rings (SSSR count). The van der Waals surface area contributed by atoms with Gasteiger partial charge in [0, 0.05) is 23.8 Å². The van der Waals surface area contributed by atoms with Crippen LogP contribution in [-0.2, 0) is 6.54 Å². The van der Waals surface area contributed by atoms with Crippen LogP contribution in [0.3, 0.4) is 0 Å². The molecule has 0 radical (unpaired) electrons. The van der Waals surface area contributed by atoms with Crippen molar-refractivity contribution in [1.82, 2.24) is 9.88 Å². The third-order valence-corrected chi connectivity index (χ3v) is 3.66. The van der Waals surface area contributed by atoms with Crippen LogP contribution < -0.4 is 5.32 Å². The number of benzene rings is 1. The van der Waals surface area contributed by atoms with Gasteiger partial charge in [-0.3, -0.25) is 0 Å². The van der Waals surface area contributed by atoms with E-state index in [-0.39, 0.29) is 6.04 Å². The summed E-state index contributed by atoms with van der Waals surface area (Å²) in [6.07, 6.45) is 1.85. The minimum absolute atomic E-state index is 0.244. The number of nitrogens with zero attached hydrogens (tertiary/aromatic N) is 2. The summed E-state index contributed by atoms with van der Waals surface area (Å²) in [7, 11) is 4.17. The van der Waals surface area contributed by atoms with Crippen molar-refractivity contribution in [2.45, 2.75) is 19.5 Å². The number of hydrogen-bond donors (Lipinski definition) is 1. The average molecular weight is 261 g/mol. The van der Waals surface area contributed by atoms with E-state index in [9.17, 15) is 0 Å². The van der Waals surface area contributed by atoms with Gasteiger partial charge in [0.05, 0.1) is 6.04 Å². The van der Waals surface area contributed by atoms with E-state index in [1.54, 1.807) is 11.3 Å². The average Bonchev–Trinajstić information content (AvgIpc) is 2.84. The van der Waals surface area contributed by atoms with Crippen molar-refractivity contribution < 1.29 is 0 Å². The lowest BCUT2D eigenvalue weighted by molar-refractivity contribution is 0.403. The zero-order valence-corrected chi connectivity index (χ0v) is 11.9. The predicted octanol–water partition coefficient (Wildman–Crippen LogP) is 3.38. The van der Waals surface area contributed by atoms with Crippen molar-refractivity contribution in [3.05, 3.63) is 46.4 Å². The number of rotatable bonds is 5. The molecule has 0 aliphatic heterocycles. The largest absolute Gasteiger partial charge is 0.376 e. The van der Waals surface area contributed by atoms with Gasteiger partial charge < -0.3 is 10.2 Å². The maximum Gasteiger partial charge on any atom is 0.115 e. The lowest BCUT2D eigenvalue weighted by Crippen LogP contribution is -2.14. The van der Waals surface area contributed by atoms with E-state index < -0.39 is 0 Å². The van der Waals surface area contributed by atoms with E-state index in [2.05, 4.69) is 60.5 Å². The van der Waals surface area contributed by atoms with Crippen LogP contribution in [0.25, 0.3) is 0 Å². The zero-order chi connectivity index (χ0) is 13.0. The first-order valence-corrected chi connectivity index (χ1v) is 6.93. The SMILES string of the molecule is CC(Nc1ccccc1CN(C)C)c1nccs1. The number of nitrogens with one attached hydrogen (secondary N) is 1. The second-order valence-corrected chi connectivity index (χ2v) is 5.56. The fourth-order valence-corrected chi connectivity index (χ4v) is 2.53. The fraction of sp³-hybridized carbons (Fsp3) is 0.357. The fourth-order valence-electron chi connectivity index (χ4n) is 1.88. The molecule has 1 N–H and O–H groups in total. The van der Waals surface area contributed by atoms with Crippen molar-refractivity contribution in [3.63, 3.8) is 0 Å². The predicted molar refractivity (Wildman–Crippen MR) is 78.0 cm³/mol. The van der Waals surface area contributed by atoms with Gasteiger partial charge in [-0.05, 0) is 32.6 Å². The summed E-state index contributed by atoms with van der Waals surface area (Å²) >= 11 is 1.69. The highest BCUT2D eigenvalue weighted by molar-refractivity contribution is 7.09. The number of para-hydroxylation sites is 1. The molecule has 0 bridgehead atoms. The van der Waals surface area contributed by atoms with E-state index >= 15 is 0 Å². The van der Waals surface area contributed by atoms with Gasteiger partial charge in [-0.15, -0.1) is 11.3 Å². The highest BCUT2D eigenvalue weighted by Crippen LogP contribution is 2.24. The van der Waals surface area contributed by atoms with Crippen LogP contribution in [0.4, 0.5) is 5.69 Å². The second kappa shape index (κ2) is 5.98. The molecule has 0 fully saturated rings. The van der Waals surface area contributed by atoms with Gasteiger partial charge in [-0.1, -0.05) is 18.2 Å². The Morgan fingerprint density at radius 3 is 2.78 bits per heavy atom. The van der Waals surface area contributed by atoms with Crippen molar-refractivity contribution in [2.75, 3.05) is 19.4 Å². The highest BCUT2D eigenvalue weighted by Gasteiger charge is 2.10. The van der Waals surface area contributed by atoms with Crippen LogP contribution in [0, 0.1) is 0 Å². The standard InChI is InChI=1S/C14H19N3S/c1-11(14-15-8-9-18-14)16-13-7-5-4-6-12(13)10-17(2)3/h4-9,11,16H,10H2,1-3H3. The van der Waals surface area contributed by atoms with E-state index in [1.165, 1.54) is 11.3 Å². The lowest BCUT2D eigenvalue weighted by atomic mass is 10.1. The van der Waals surface area contributed by atoms with Gasteiger partial charge in [0.15, 0.2) is 0 Å². The molecule has 96 valence electrons. The number of anilines is 1. The maximum absolute atomic E-state index is 4.35. The normalized spacial score (nSPS) is 12.7. The highest BCUT2D eigenvalue weighted by atomic mass is 32.1. The first-order valence-electron chi connectivity index (χ1n) is 6.05. The van der Waals surface area contributed by atoms with Gasteiger partial charge in [0.2, 0.25) is 0 Å². The molecule has 3 nitrogen and oxygen atoms in total. The van der Waals surface area contributed by atoms with Crippen LogP contribution >= 0.6 is 11.3 Å². The molecule has 1 aromatic carbocycles. The van der Waals surface area contributed by atoms with Gasteiger partial charge in [0.1, 0.15) is 5.01 Å².